The SMILES string of the molecule is C=C1C=C(NC)CC(C)(C)C1C. The molecule has 12 heavy (non-hydrogen) atoms. The van der Waals surface area contributed by atoms with E-state index in [9.17, 15) is 0 Å². The first-order valence-corrected chi connectivity index (χ1v) is 4.54. The monoisotopic (exact) mass is 165 g/mol. The third-order valence-electron chi connectivity index (χ3n) is 3.06. The number of allylic oxidation sites excluding steroid dienone is 3. The van der Waals surface area contributed by atoms with Crippen LogP contribution in [0.25, 0.3) is 0 Å². The van der Waals surface area contributed by atoms with E-state index in [1.54, 1.807) is 0 Å². The second-order valence-corrected chi connectivity index (χ2v) is 4.38. The highest BCUT2D eigenvalue weighted by Crippen LogP contribution is 2.41. The van der Waals surface area contributed by atoms with Gasteiger partial charge >= 0.3 is 0 Å². The molecule has 0 bridgehead atoms. The van der Waals surface area contributed by atoms with Gasteiger partial charge in [-0.1, -0.05) is 32.9 Å². The zero-order valence-corrected chi connectivity index (χ0v) is 8.57. The van der Waals surface area contributed by atoms with Gasteiger partial charge in [-0.25, -0.2) is 0 Å². The lowest BCUT2D eigenvalue weighted by Gasteiger charge is -2.37. The Morgan fingerprint density at radius 3 is 2.58 bits per heavy atom. The highest BCUT2D eigenvalue weighted by Gasteiger charge is 2.31. The normalized spacial score (nSPS) is 28.2. The van der Waals surface area contributed by atoms with E-state index in [-0.39, 0.29) is 0 Å². The van der Waals surface area contributed by atoms with Gasteiger partial charge in [0.1, 0.15) is 0 Å². The Morgan fingerprint density at radius 1 is 1.58 bits per heavy atom. The second kappa shape index (κ2) is 2.96. The molecule has 0 heterocycles. The van der Waals surface area contributed by atoms with Crippen LogP contribution in [0.3, 0.4) is 0 Å². The predicted octanol–water partition coefficient (Wildman–Crippen LogP) is 2.71. The first-order chi connectivity index (χ1) is 5.47. The van der Waals surface area contributed by atoms with E-state index in [1.165, 1.54) is 11.3 Å². The minimum absolute atomic E-state index is 0.351. The third kappa shape index (κ3) is 1.55. The van der Waals surface area contributed by atoms with Crippen LogP contribution < -0.4 is 5.32 Å². The average Bonchev–Trinajstić information content (AvgIpc) is 1.99. The molecule has 0 spiro atoms. The van der Waals surface area contributed by atoms with Crippen LogP contribution in [0, 0.1) is 11.3 Å². The molecule has 1 nitrogen and oxygen atoms in total. The first-order valence-electron chi connectivity index (χ1n) is 4.54. The lowest BCUT2D eigenvalue weighted by Crippen LogP contribution is -2.29. The largest absolute Gasteiger partial charge is 0.391 e. The minimum atomic E-state index is 0.351. The lowest BCUT2D eigenvalue weighted by atomic mass is 9.69. The number of nitrogens with one attached hydrogen (secondary N) is 1. The fourth-order valence-corrected chi connectivity index (χ4v) is 1.71. The van der Waals surface area contributed by atoms with Gasteiger partial charge in [0.25, 0.3) is 0 Å². The van der Waals surface area contributed by atoms with Crippen LogP contribution in [0.2, 0.25) is 0 Å². The Morgan fingerprint density at radius 2 is 2.17 bits per heavy atom. The molecule has 1 atom stereocenters. The van der Waals surface area contributed by atoms with Gasteiger partial charge in [-0.3, -0.25) is 0 Å². The van der Waals surface area contributed by atoms with E-state index in [2.05, 4.69) is 38.7 Å². The zero-order valence-electron chi connectivity index (χ0n) is 8.57. The van der Waals surface area contributed by atoms with Crippen LogP contribution >= 0.6 is 0 Å². The van der Waals surface area contributed by atoms with E-state index in [0.29, 0.717) is 11.3 Å². The summed E-state index contributed by atoms with van der Waals surface area (Å²) in [4.78, 5) is 0. The molecule has 0 saturated carbocycles. The van der Waals surface area contributed by atoms with Gasteiger partial charge in [-0.2, -0.15) is 0 Å². The molecule has 1 aliphatic rings. The van der Waals surface area contributed by atoms with Gasteiger partial charge in [0.2, 0.25) is 0 Å². The van der Waals surface area contributed by atoms with Crippen molar-refractivity contribution in [1.82, 2.24) is 5.32 Å². The Kier molecular flexibility index (Phi) is 2.31. The molecular weight excluding hydrogens is 146 g/mol. The summed E-state index contributed by atoms with van der Waals surface area (Å²) in [5, 5.41) is 3.21. The van der Waals surface area contributed by atoms with Crippen molar-refractivity contribution in [3.05, 3.63) is 23.9 Å². The zero-order chi connectivity index (χ0) is 9.35. The van der Waals surface area contributed by atoms with Crippen molar-refractivity contribution in [2.24, 2.45) is 11.3 Å². The summed E-state index contributed by atoms with van der Waals surface area (Å²) in [5.41, 5.74) is 2.91. The Balaban J connectivity index is 2.91. The molecule has 0 aromatic rings. The van der Waals surface area contributed by atoms with Crippen LogP contribution in [-0.4, -0.2) is 7.05 Å². The Labute approximate surface area is 75.6 Å². The summed E-state index contributed by atoms with van der Waals surface area (Å²) >= 11 is 0. The predicted molar refractivity (Wildman–Crippen MR) is 53.8 cm³/mol. The van der Waals surface area contributed by atoms with Gasteiger partial charge in [-0.05, 0) is 23.8 Å². The van der Waals surface area contributed by atoms with E-state index in [1.807, 2.05) is 7.05 Å². The maximum Gasteiger partial charge on any atom is 0.0112 e. The van der Waals surface area contributed by atoms with Crippen molar-refractivity contribution in [1.29, 1.82) is 0 Å². The fraction of sp³-hybridized carbons (Fsp3) is 0.636. The summed E-state index contributed by atoms with van der Waals surface area (Å²) in [5.74, 6) is 0.592. The van der Waals surface area contributed by atoms with Crippen molar-refractivity contribution >= 4 is 0 Å². The number of rotatable bonds is 1. The quantitative estimate of drug-likeness (QED) is 0.630. The van der Waals surface area contributed by atoms with Crippen molar-refractivity contribution < 1.29 is 0 Å². The molecule has 1 rings (SSSR count). The lowest BCUT2D eigenvalue weighted by molar-refractivity contribution is 0.252. The standard InChI is InChI=1S/C11H19N/c1-8-6-10(12-5)7-11(3,4)9(8)2/h6,9,12H,1,7H2,2-5H3. The number of hydrogen-bond donors (Lipinski definition) is 1. The molecular formula is C11H19N. The van der Waals surface area contributed by atoms with Gasteiger partial charge in [0.15, 0.2) is 0 Å². The van der Waals surface area contributed by atoms with E-state index >= 15 is 0 Å². The van der Waals surface area contributed by atoms with E-state index < -0.39 is 0 Å². The van der Waals surface area contributed by atoms with E-state index in [0.717, 1.165) is 6.42 Å². The van der Waals surface area contributed by atoms with Crippen LogP contribution in [0.1, 0.15) is 27.2 Å². The fourth-order valence-electron chi connectivity index (χ4n) is 1.71. The van der Waals surface area contributed by atoms with Crippen LogP contribution in [-0.2, 0) is 0 Å². The molecule has 0 aliphatic heterocycles. The topological polar surface area (TPSA) is 12.0 Å². The van der Waals surface area contributed by atoms with Crippen LogP contribution in [0.15, 0.2) is 23.9 Å². The van der Waals surface area contributed by atoms with E-state index in [4.69, 9.17) is 0 Å². The summed E-state index contributed by atoms with van der Waals surface area (Å²) in [7, 11) is 1.98. The molecule has 0 saturated heterocycles. The van der Waals surface area contributed by atoms with Crippen molar-refractivity contribution in [2.45, 2.75) is 27.2 Å². The molecule has 1 heteroatoms. The van der Waals surface area contributed by atoms with Gasteiger partial charge in [0, 0.05) is 12.7 Å². The molecule has 0 fully saturated rings. The molecule has 0 aromatic carbocycles. The van der Waals surface area contributed by atoms with Gasteiger partial charge in [-0.15, -0.1) is 0 Å². The third-order valence-corrected chi connectivity index (χ3v) is 3.06. The van der Waals surface area contributed by atoms with Crippen LogP contribution in [0.4, 0.5) is 0 Å². The summed E-state index contributed by atoms with van der Waals surface area (Å²) < 4.78 is 0. The average molecular weight is 165 g/mol. The Bertz CT molecular complexity index is 223. The number of hydrogen-bond acceptors (Lipinski definition) is 1. The highest BCUT2D eigenvalue weighted by atomic mass is 14.8. The Hall–Kier alpha value is -0.720. The molecule has 1 aliphatic carbocycles. The van der Waals surface area contributed by atoms with Gasteiger partial charge in [0.05, 0.1) is 0 Å². The summed E-state index contributed by atoms with van der Waals surface area (Å²) in [6.45, 7) is 10.9. The molecule has 1 unspecified atom stereocenters. The smallest absolute Gasteiger partial charge is 0.0112 e. The maximum absolute atomic E-state index is 4.07. The van der Waals surface area contributed by atoms with Crippen molar-refractivity contribution in [3.8, 4) is 0 Å². The molecule has 68 valence electrons. The molecule has 0 radical (unpaired) electrons. The molecule has 0 amide bonds. The first kappa shape index (κ1) is 9.37. The molecule has 0 aromatic heterocycles. The second-order valence-electron chi connectivity index (χ2n) is 4.38. The molecule has 1 N–H and O–H groups in total. The summed E-state index contributed by atoms with van der Waals surface area (Å²) in [6, 6.07) is 0. The van der Waals surface area contributed by atoms with Crippen LogP contribution in [0.5, 0.6) is 0 Å². The highest BCUT2D eigenvalue weighted by molar-refractivity contribution is 5.28. The van der Waals surface area contributed by atoms with Gasteiger partial charge < -0.3 is 5.32 Å². The van der Waals surface area contributed by atoms with Crippen molar-refractivity contribution in [2.75, 3.05) is 7.05 Å². The maximum atomic E-state index is 4.07. The summed E-state index contributed by atoms with van der Waals surface area (Å²) in [6.07, 6.45) is 3.31. The minimum Gasteiger partial charge on any atom is -0.391 e. The van der Waals surface area contributed by atoms with Crippen molar-refractivity contribution in [3.63, 3.8) is 0 Å².